The smallest absolute Gasteiger partial charge is 0.129 e. The van der Waals surface area contributed by atoms with Crippen LogP contribution in [0.1, 0.15) is 22.2 Å². The second-order valence-corrected chi connectivity index (χ2v) is 5.17. The molecule has 102 valence electrons. The van der Waals surface area contributed by atoms with E-state index in [4.69, 9.17) is 10.5 Å². The molecule has 2 N–H and O–H groups in total. The molecule has 19 heavy (non-hydrogen) atoms. The number of nitrogens with two attached hydrogens (primary N) is 1. The number of ether oxygens (including phenoxy) is 1. The van der Waals surface area contributed by atoms with Gasteiger partial charge in [-0.25, -0.2) is 9.37 Å². The standard InChI is InChI=1S/C14H17FN2OS/c1-10-14(19-9-17-10)6-7-18-13(8-16)11-4-2-3-5-12(11)15/h2-5,9,13H,6-8,16H2,1H3. The van der Waals surface area contributed by atoms with Gasteiger partial charge < -0.3 is 10.5 Å². The van der Waals surface area contributed by atoms with Crippen molar-refractivity contribution in [3.8, 4) is 0 Å². The summed E-state index contributed by atoms with van der Waals surface area (Å²) in [5.74, 6) is -0.271. The lowest BCUT2D eigenvalue weighted by atomic mass is 10.1. The first-order valence-electron chi connectivity index (χ1n) is 6.17. The summed E-state index contributed by atoms with van der Waals surface area (Å²) in [5.41, 5.74) is 9.03. The topological polar surface area (TPSA) is 48.1 Å². The average molecular weight is 280 g/mol. The summed E-state index contributed by atoms with van der Waals surface area (Å²) in [6, 6.07) is 6.59. The van der Waals surface area contributed by atoms with E-state index >= 15 is 0 Å². The highest BCUT2D eigenvalue weighted by molar-refractivity contribution is 7.09. The summed E-state index contributed by atoms with van der Waals surface area (Å²) in [7, 11) is 0. The molecule has 0 aliphatic carbocycles. The molecule has 1 heterocycles. The van der Waals surface area contributed by atoms with Crippen molar-refractivity contribution in [3.63, 3.8) is 0 Å². The van der Waals surface area contributed by atoms with Crippen LogP contribution in [0.2, 0.25) is 0 Å². The van der Waals surface area contributed by atoms with E-state index in [2.05, 4.69) is 4.98 Å². The van der Waals surface area contributed by atoms with E-state index in [1.807, 2.05) is 12.4 Å². The number of aryl methyl sites for hydroxylation is 1. The van der Waals surface area contributed by atoms with Crippen molar-refractivity contribution in [2.75, 3.05) is 13.2 Å². The zero-order valence-corrected chi connectivity index (χ0v) is 11.6. The molecule has 0 saturated heterocycles. The van der Waals surface area contributed by atoms with Gasteiger partial charge in [0.2, 0.25) is 0 Å². The molecule has 0 amide bonds. The Morgan fingerprint density at radius 3 is 2.84 bits per heavy atom. The predicted octanol–water partition coefficient (Wildman–Crippen LogP) is 2.85. The Balaban J connectivity index is 1.93. The molecule has 1 atom stereocenters. The van der Waals surface area contributed by atoms with Gasteiger partial charge in [0.05, 0.1) is 23.9 Å². The maximum Gasteiger partial charge on any atom is 0.129 e. The molecule has 0 radical (unpaired) electrons. The zero-order valence-electron chi connectivity index (χ0n) is 10.8. The van der Waals surface area contributed by atoms with Gasteiger partial charge in [0.1, 0.15) is 5.82 Å². The summed E-state index contributed by atoms with van der Waals surface area (Å²) >= 11 is 1.61. The molecular weight excluding hydrogens is 263 g/mol. The van der Waals surface area contributed by atoms with E-state index < -0.39 is 6.10 Å². The van der Waals surface area contributed by atoms with Crippen LogP contribution in [0.15, 0.2) is 29.8 Å². The van der Waals surface area contributed by atoms with E-state index in [0.717, 1.165) is 12.1 Å². The van der Waals surface area contributed by atoms with Crippen LogP contribution in [0.3, 0.4) is 0 Å². The number of aromatic nitrogens is 1. The predicted molar refractivity (Wildman–Crippen MR) is 74.7 cm³/mol. The highest BCUT2D eigenvalue weighted by atomic mass is 32.1. The molecule has 1 aromatic heterocycles. The maximum absolute atomic E-state index is 13.6. The van der Waals surface area contributed by atoms with Gasteiger partial charge in [-0.1, -0.05) is 18.2 Å². The van der Waals surface area contributed by atoms with Gasteiger partial charge in [0.25, 0.3) is 0 Å². The first-order valence-corrected chi connectivity index (χ1v) is 7.05. The van der Waals surface area contributed by atoms with Crippen molar-refractivity contribution in [1.82, 2.24) is 4.98 Å². The molecule has 0 fully saturated rings. The Morgan fingerprint density at radius 1 is 1.42 bits per heavy atom. The van der Waals surface area contributed by atoms with E-state index in [-0.39, 0.29) is 12.4 Å². The van der Waals surface area contributed by atoms with E-state index in [1.54, 1.807) is 29.5 Å². The van der Waals surface area contributed by atoms with Crippen LogP contribution in [0, 0.1) is 12.7 Å². The second kappa shape index (κ2) is 6.75. The molecule has 0 aliphatic rings. The zero-order chi connectivity index (χ0) is 13.7. The van der Waals surface area contributed by atoms with Crippen molar-refractivity contribution in [1.29, 1.82) is 0 Å². The number of thiazole rings is 1. The first kappa shape index (κ1) is 14.1. The molecule has 1 aromatic carbocycles. The fraction of sp³-hybridized carbons (Fsp3) is 0.357. The molecule has 2 rings (SSSR count). The molecule has 0 bridgehead atoms. The van der Waals surface area contributed by atoms with Gasteiger partial charge in [-0.15, -0.1) is 11.3 Å². The van der Waals surface area contributed by atoms with E-state index in [1.165, 1.54) is 10.9 Å². The third kappa shape index (κ3) is 3.59. The third-order valence-electron chi connectivity index (χ3n) is 2.96. The minimum absolute atomic E-state index is 0.266. The number of hydrogen-bond acceptors (Lipinski definition) is 4. The average Bonchev–Trinajstić information content (AvgIpc) is 2.82. The van der Waals surface area contributed by atoms with Crippen LogP contribution >= 0.6 is 11.3 Å². The lowest BCUT2D eigenvalue weighted by molar-refractivity contribution is 0.0587. The SMILES string of the molecule is Cc1ncsc1CCOC(CN)c1ccccc1F. The van der Waals surface area contributed by atoms with Gasteiger partial charge in [-0.2, -0.15) is 0 Å². The summed E-state index contributed by atoms with van der Waals surface area (Å²) in [6.45, 7) is 2.75. The van der Waals surface area contributed by atoms with Crippen LogP contribution in [-0.2, 0) is 11.2 Å². The van der Waals surface area contributed by atoms with Crippen LogP contribution < -0.4 is 5.73 Å². The highest BCUT2D eigenvalue weighted by Crippen LogP contribution is 2.20. The molecule has 3 nitrogen and oxygen atoms in total. The molecule has 0 spiro atoms. The highest BCUT2D eigenvalue weighted by Gasteiger charge is 2.14. The monoisotopic (exact) mass is 280 g/mol. The largest absolute Gasteiger partial charge is 0.372 e. The van der Waals surface area contributed by atoms with Gasteiger partial charge in [-0.3, -0.25) is 0 Å². The van der Waals surface area contributed by atoms with Gasteiger partial charge >= 0.3 is 0 Å². The number of nitrogens with zero attached hydrogens (tertiary/aromatic N) is 1. The van der Waals surface area contributed by atoms with Gasteiger partial charge in [0, 0.05) is 23.4 Å². The molecule has 5 heteroatoms. The van der Waals surface area contributed by atoms with Gasteiger partial charge in [0.15, 0.2) is 0 Å². The van der Waals surface area contributed by atoms with Crippen molar-refractivity contribution in [2.45, 2.75) is 19.4 Å². The Morgan fingerprint density at radius 2 is 2.21 bits per heavy atom. The summed E-state index contributed by atoms with van der Waals surface area (Å²) in [4.78, 5) is 5.38. The minimum Gasteiger partial charge on any atom is -0.372 e. The van der Waals surface area contributed by atoms with Crippen molar-refractivity contribution < 1.29 is 9.13 Å². The number of halogens is 1. The lowest BCUT2D eigenvalue weighted by Crippen LogP contribution is -2.18. The van der Waals surface area contributed by atoms with Gasteiger partial charge in [-0.05, 0) is 13.0 Å². The fourth-order valence-electron chi connectivity index (χ4n) is 1.88. The molecule has 2 aromatic rings. The maximum atomic E-state index is 13.6. The number of benzene rings is 1. The summed E-state index contributed by atoms with van der Waals surface area (Å²) < 4.78 is 19.3. The van der Waals surface area contributed by atoms with Crippen molar-refractivity contribution >= 4 is 11.3 Å². The fourth-order valence-corrected chi connectivity index (χ4v) is 2.64. The quantitative estimate of drug-likeness (QED) is 0.885. The van der Waals surface area contributed by atoms with E-state index in [9.17, 15) is 4.39 Å². The van der Waals surface area contributed by atoms with Crippen LogP contribution in [0.5, 0.6) is 0 Å². The Bertz CT molecular complexity index is 530. The third-order valence-corrected chi connectivity index (χ3v) is 3.95. The second-order valence-electron chi connectivity index (χ2n) is 4.23. The van der Waals surface area contributed by atoms with E-state index in [0.29, 0.717) is 12.2 Å². The van der Waals surface area contributed by atoms with Crippen molar-refractivity contribution in [3.05, 3.63) is 51.7 Å². The molecular formula is C14H17FN2OS. The summed E-state index contributed by atoms with van der Waals surface area (Å²) in [5, 5.41) is 0. The van der Waals surface area contributed by atoms with Crippen molar-refractivity contribution in [2.24, 2.45) is 5.73 Å². The number of rotatable bonds is 6. The Labute approximate surface area is 116 Å². The molecule has 0 aliphatic heterocycles. The van der Waals surface area contributed by atoms with Crippen LogP contribution in [0.25, 0.3) is 0 Å². The lowest BCUT2D eigenvalue weighted by Gasteiger charge is -2.16. The van der Waals surface area contributed by atoms with Crippen LogP contribution in [0.4, 0.5) is 4.39 Å². The Kier molecular flexibility index (Phi) is 5.01. The molecule has 0 saturated carbocycles. The summed E-state index contributed by atoms with van der Waals surface area (Å²) in [6.07, 6.45) is 0.385. The first-order chi connectivity index (χ1) is 9.22. The normalized spacial score (nSPS) is 12.6. The Hall–Kier alpha value is -1.30. The molecule has 1 unspecified atom stereocenters. The minimum atomic E-state index is -0.394. The van der Waals surface area contributed by atoms with Crippen LogP contribution in [-0.4, -0.2) is 18.1 Å². The number of hydrogen-bond donors (Lipinski definition) is 1.